The number of aromatic nitrogens is 2. The number of sulfonamides is 1. The molecule has 15 nitrogen and oxygen atoms in total. The van der Waals surface area contributed by atoms with E-state index in [-0.39, 0.29) is 88.2 Å². The fourth-order valence-electron chi connectivity index (χ4n) is 6.17. The van der Waals surface area contributed by atoms with Crippen LogP contribution in [-0.4, -0.2) is 79.1 Å². The number of para-hydroxylation sites is 2. The maximum absolute atomic E-state index is 13.3. The number of hydrogen-bond acceptors (Lipinski definition) is 11. The van der Waals surface area contributed by atoms with Crippen molar-refractivity contribution in [1.29, 1.82) is 0 Å². The van der Waals surface area contributed by atoms with Gasteiger partial charge in [0, 0.05) is 57.1 Å². The van der Waals surface area contributed by atoms with Gasteiger partial charge in [-0.2, -0.15) is 8.42 Å². The van der Waals surface area contributed by atoms with E-state index in [2.05, 4.69) is 20.0 Å². The van der Waals surface area contributed by atoms with Crippen molar-refractivity contribution >= 4 is 48.7 Å². The maximum atomic E-state index is 13.3. The van der Waals surface area contributed by atoms with E-state index >= 15 is 0 Å². The summed E-state index contributed by atoms with van der Waals surface area (Å²) >= 11 is 0. The number of rotatable bonds is 20. The Morgan fingerprint density at radius 1 is 1.02 bits per heavy atom. The zero-order valence-electron chi connectivity index (χ0n) is 30.4. The minimum absolute atomic E-state index is 0. The monoisotopic (exact) mass is 793 g/mol. The summed E-state index contributed by atoms with van der Waals surface area (Å²) in [5.74, 6) is -1.34. The summed E-state index contributed by atoms with van der Waals surface area (Å²) < 4.78 is 66.7. The summed E-state index contributed by atoms with van der Waals surface area (Å²) in [5, 5.41) is 13.7. The fraction of sp³-hybridized carbons (Fsp3) is 0.444. The van der Waals surface area contributed by atoms with E-state index in [0.717, 1.165) is 25.7 Å². The number of nitrogens with one attached hydrogen (secondary N) is 3. The second-order valence-corrected chi connectivity index (χ2v) is 16.5. The normalized spacial score (nSPS) is 13.6. The van der Waals surface area contributed by atoms with E-state index in [1.807, 2.05) is 0 Å². The second kappa shape index (κ2) is 19.2. The molecule has 286 valence electrons. The molecule has 2 aromatic heterocycles. The van der Waals surface area contributed by atoms with E-state index in [9.17, 15) is 40.9 Å². The van der Waals surface area contributed by atoms with E-state index in [1.54, 1.807) is 48.5 Å². The number of fused-ring (bicyclic) bond motifs is 1. The molecule has 1 aliphatic rings. The molecular weight excluding hydrogens is 750 g/mol. The van der Waals surface area contributed by atoms with Crippen molar-refractivity contribution in [1.82, 2.24) is 20.2 Å². The zero-order valence-corrected chi connectivity index (χ0v) is 34.0. The molecule has 1 fully saturated rings. The van der Waals surface area contributed by atoms with E-state index in [1.165, 1.54) is 18.0 Å². The molecule has 2 aromatic carbocycles. The van der Waals surface area contributed by atoms with Crippen molar-refractivity contribution in [2.45, 2.75) is 75.3 Å². The Morgan fingerprint density at radius 2 is 1.74 bits per heavy atom. The van der Waals surface area contributed by atoms with E-state index < -0.39 is 37.4 Å². The van der Waals surface area contributed by atoms with Gasteiger partial charge in [-0.15, -0.1) is 0 Å². The molecule has 0 bridgehead atoms. The van der Waals surface area contributed by atoms with Crippen LogP contribution in [0.1, 0.15) is 80.6 Å². The number of anilines is 1. The number of nitrogens with zero attached hydrogens (tertiary/aromatic N) is 2. The van der Waals surface area contributed by atoms with Gasteiger partial charge in [0.1, 0.15) is 11.5 Å². The number of imidazole rings is 1. The largest absolute Gasteiger partial charge is 1.00 e. The minimum atomic E-state index is -4.37. The Hall–Kier alpha value is -3.74. The van der Waals surface area contributed by atoms with Gasteiger partial charge in [-0.25, -0.2) is 18.2 Å². The van der Waals surface area contributed by atoms with Crippen LogP contribution in [0, 0.1) is 5.92 Å². The Morgan fingerprint density at radius 3 is 2.43 bits per heavy atom. The fourth-order valence-corrected chi connectivity index (χ4v) is 7.66. The molecule has 2 amide bonds. The molecule has 0 aliphatic heterocycles. The molecule has 4 N–H and O–H groups in total. The quantitative estimate of drug-likeness (QED) is 0.0559. The summed E-state index contributed by atoms with van der Waals surface area (Å²) in [6, 6.07) is 15.1. The Bertz CT molecular complexity index is 2170. The summed E-state index contributed by atoms with van der Waals surface area (Å²) in [6.07, 6.45) is 5.66. The molecule has 1 aliphatic carbocycles. The Labute approximate surface area is 336 Å². The predicted octanol–water partition coefficient (Wildman–Crippen LogP) is 0.961. The van der Waals surface area contributed by atoms with Gasteiger partial charge in [-0.1, -0.05) is 37.1 Å². The standard InChI is InChI=1S/C36H45N5O10S2.Na/c1-41(20-21-52(46,47)48)32(44)16-5-3-2-4-15-31(43)37-19-9-12-27-23-30(42)34(35(45)51-27)33(24-17-18-24)25-10-8-11-26(22-25)40-53(49,50)36-38-28-13-6-7-14-29(28)39-36;/h6-8,10-11,13-14,22-24,33,40,42H,2-5,9,12,15-21H2,1H3,(H,37,43)(H,38,39)(H,46,47,48);/q;+1/p-1. The van der Waals surface area contributed by atoms with Crippen LogP contribution in [0.3, 0.4) is 0 Å². The van der Waals surface area contributed by atoms with Gasteiger partial charge in [0.25, 0.3) is 10.0 Å². The summed E-state index contributed by atoms with van der Waals surface area (Å²) in [5.41, 5.74) is 1.49. The van der Waals surface area contributed by atoms with Crippen LogP contribution in [0.2, 0.25) is 0 Å². The molecule has 0 radical (unpaired) electrons. The van der Waals surface area contributed by atoms with Gasteiger partial charge in [0.05, 0.1) is 32.5 Å². The summed E-state index contributed by atoms with van der Waals surface area (Å²) in [4.78, 5) is 45.8. The maximum Gasteiger partial charge on any atom is 1.00 e. The SMILES string of the molecule is CN(CCS(=O)(=O)[O-])C(=O)CCCCCCC(=O)NCCCc1cc(O)c(C(c2cccc(NS(=O)(=O)c3nc4ccccc4[nH]3)c2)C2CC2)c(=O)o1.[Na+]. The van der Waals surface area contributed by atoms with Gasteiger partial charge < -0.3 is 29.3 Å². The van der Waals surface area contributed by atoms with Crippen LogP contribution in [0.5, 0.6) is 5.75 Å². The average molecular weight is 794 g/mol. The molecule has 0 spiro atoms. The third-order valence-corrected chi connectivity index (χ3v) is 11.0. The molecular formula is C36H44N5NaO10S2. The van der Waals surface area contributed by atoms with Crippen molar-refractivity contribution in [2.75, 3.05) is 30.6 Å². The number of aromatic hydroxyl groups is 1. The first kappa shape index (κ1) is 43.0. The smallest absolute Gasteiger partial charge is 0.748 e. The molecule has 18 heteroatoms. The molecule has 1 atom stereocenters. The number of carbonyl (C=O) groups is 2. The average Bonchev–Trinajstić information content (AvgIpc) is 3.84. The summed E-state index contributed by atoms with van der Waals surface area (Å²) in [6.45, 7) is 0.203. The van der Waals surface area contributed by atoms with Crippen molar-refractivity contribution < 1.29 is 70.1 Å². The van der Waals surface area contributed by atoms with Crippen LogP contribution in [0.25, 0.3) is 11.0 Å². The van der Waals surface area contributed by atoms with Crippen LogP contribution in [0.4, 0.5) is 5.69 Å². The van der Waals surface area contributed by atoms with Gasteiger partial charge in [0.2, 0.25) is 17.0 Å². The molecule has 4 aromatic rings. The van der Waals surface area contributed by atoms with Gasteiger partial charge >= 0.3 is 35.2 Å². The first-order valence-electron chi connectivity index (χ1n) is 17.6. The molecule has 54 heavy (non-hydrogen) atoms. The molecule has 0 saturated heterocycles. The van der Waals surface area contributed by atoms with Crippen LogP contribution < -0.4 is 45.2 Å². The predicted molar refractivity (Wildman–Crippen MR) is 196 cm³/mol. The van der Waals surface area contributed by atoms with Gasteiger partial charge in [-0.3, -0.25) is 14.3 Å². The van der Waals surface area contributed by atoms with Crippen LogP contribution >= 0.6 is 0 Å². The van der Waals surface area contributed by atoms with Crippen molar-refractivity contribution in [3.05, 3.63) is 81.9 Å². The third kappa shape index (κ3) is 12.4. The van der Waals surface area contributed by atoms with Crippen molar-refractivity contribution in [3.63, 3.8) is 0 Å². The van der Waals surface area contributed by atoms with Crippen molar-refractivity contribution in [3.8, 4) is 5.75 Å². The molecule has 1 saturated carbocycles. The minimum Gasteiger partial charge on any atom is -0.748 e. The number of hydrogen-bond donors (Lipinski definition) is 4. The van der Waals surface area contributed by atoms with Crippen molar-refractivity contribution in [2.24, 2.45) is 5.92 Å². The number of aryl methyl sites for hydroxylation is 1. The number of carbonyl (C=O) groups excluding carboxylic acids is 2. The number of benzene rings is 2. The zero-order chi connectivity index (χ0) is 38.2. The summed E-state index contributed by atoms with van der Waals surface area (Å²) in [7, 11) is -6.97. The second-order valence-electron chi connectivity index (χ2n) is 13.3. The van der Waals surface area contributed by atoms with Crippen LogP contribution in [-0.2, 0) is 36.2 Å². The Kier molecular flexibility index (Phi) is 15.3. The van der Waals surface area contributed by atoms with E-state index in [0.29, 0.717) is 55.2 Å². The topological polar surface area (TPSA) is 232 Å². The molecule has 5 rings (SSSR count). The molecule has 2 heterocycles. The number of aromatic amines is 1. The first-order chi connectivity index (χ1) is 25.2. The number of amides is 2. The number of H-pyrrole nitrogens is 1. The van der Waals surface area contributed by atoms with E-state index in [4.69, 9.17) is 4.42 Å². The third-order valence-electron chi connectivity index (χ3n) is 9.11. The molecule has 1 unspecified atom stereocenters. The Balaban J connectivity index is 0.00000650. The first-order valence-corrected chi connectivity index (χ1v) is 20.6. The number of unbranched alkanes of at least 4 members (excludes halogenated alkanes) is 3. The van der Waals surface area contributed by atoms with Crippen LogP contribution in [0.15, 0.2) is 69.0 Å². The van der Waals surface area contributed by atoms with Gasteiger partial charge in [0.15, 0.2) is 0 Å². The van der Waals surface area contributed by atoms with Gasteiger partial charge in [-0.05, 0) is 67.9 Å².